The highest BCUT2D eigenvalue weighted by Crippen LogP contribution is 2.17. The highest BCUT2D eigenvalue weighted by molar-refractivity contribution is 6.30. The number of urea groups is 1. The molecular weight excluding hydrogens is 284 g/mol. The van der Waals surface area contributed by atoms with Crippen molar-refractivity contribution in [1.29, 1.82) is 0 Å². The van der Waals surface area contributed by atoms with Crippen LogP contribution in [0.25, 0.3) is 0 Å². The molecule has 2 N–H and O–H groups in total. The summed E-state index contributed by atoms with van der Waals surface area (Å²) < 4.78 is 5.10. The monoisotopic (exact) mass is 300 g/mol. The summed E-state index contributed by atoms with van der Waals surface area (Å²) in [5, 5.41) is 12.0. The Morgan fingerprint density at radius 3 is 2.55 bits per heavy atom. The van der Waals surface area contributed by atoms with Gasteiger partial charge in [-0.2, -0.15) is 0 Å². The number of nitrogens with zero attached hydrogens (tertiary/aromatic N) is 1. The number of halogens is 1. The normalized spacial score (nSPS) is 10.1. The molecule has 0 fully saturated rings. The van der Waals surface area contributed by atoms with Crippen molar-refractivity contribution < 1.29 is 19.4 Å². The number of carboxylic acid groups (broad SMARTS) is 1. The number of carbonyl (C=O) groups excluding carboxylic acids is 1. The molecule has 0 aliphatic heterocycles. The van der Waals surface area contributed by atoms with Gasteiger partial charge >= 0.3 is 12.0 Å². The minimum absolute atomic E-state index is 0.316. The Morgan fingerprint density at radius 2 is 2.00 bits per heavy atom. The van der Waals surface area contributed by atoms with E-state index in [0.717, 1.165) is 4.90 Å². The lowest BCUT2D eigenvalue weighted by Gasteiger charge is -2.21. The van der Waals surface area contributed by atoms with Crippen LogP contribution in [-0.4, -0.2) is 43.4 Å². The maximum absolute atomic E-state index is 12.0. The van der Waals surface area contributed by atoms with E-state index in [0.29, 0.717) is 30.5 Å². The second-order valence-electron chi connectivity index (χ2n) is 3.89. The number of rotatable bonds is 7. The molecule has 1 rings (SSSR count). The molecule has 0 radical (unpaired) electrons. The number of nitrogens with one attached hydrogen (secondary N) is 1. The third-order valence-corrected chi connectivity index (χ3v) is 2.66. The summed E-state index contributed by atoms with van der Waals surface area (Å²) in [4.78, 5) is 24.0. The minimum Gasteiger partial charge on any atom is -0.480 e. The third kappa shape index (κ3) is 5.46. The van der Waals surface area contributed by atoms with Crippen LogP contribution < -0.4 is 10.2 Å². The van der Waals surface area contributed by atoms with Crippen LogP contribution in [0.1, 0.15) is 6.92 Å². The van der Waals surface area contributed by atoms with Crippen molar-refractivity contribution >= 4 is 29.3 Å². The molecule has 110 valence electrons. The molecule has 0 heterocycles. The number of ether oxygens (including phenoxy) is 1. The quantitative estimate of drug-likeness (QED) is 0.755. The van der Waals surface area contributed by atoms with Gasteiger partial charge in [0.05, 0.1) is 6.61 Å². The van der Waals surface area contributed by atoms with Crippen LogP contribution >= 0.6 is 11.6 Å². The van der Waals surface area contributed by atoms with Crippen LogP contribution in [0.3, 0.4) is 0 Å². The van der Waals surface area contributed by atoms with Crippen LogP contribution in [-0.2, 0) is 9.53 Å². The van der Waals surface area contributed by atoms with Crippen molar-refractivity contribution in [2.75, 3.05) is 31.2 Å². The first-order valence-corrected chi connectivity index (χ1v) is 6.53. The molecule has 20 heavy (non-hydrogen) atoms. The smallest absolute Gasteiger partial charge is 0.323 e. The van der Waals surface area contributed by atoms with Crippen LogP contribution in [0, 0.1) is 0 Å². The van der Waals surface area contributed by atoms with Gasteiger partial charge in [-0.3, -0.25) is 9.69 Å². The van der Waals surface area contributed by atoms with Crippen LogP contribution in [0.2, 0.25) is 5.02 Å². The molecule has 0 aromatic heterocycles. The summed E-state index contributed by atoms with van der Waals surface area (Å²) in [6.45, 7) is 2.68. The van der Waals surface area contributed by atoms with Gasteiger partial charge in [-0.25, -0.2) is 4.79 Å². The molecule has 1 aromatic carbocycles. The van der Waals surface area contributed by atoms with E-state index in [4.69, 9.17) is 21.4 Å². The van der Waals surface area contributed by atoms with Gasteiger partial charge in [0.25, 0.3) is 0 Å². The fourth-order valence-corrected chi connectivity index (χ4v) is 1.63. The van der Waals surface area contributed by atoms with E-state index in [1.807, 2.05) is 6.92 Å². The first kappa shape index (κ1) is 16.3. The van der Waals surface area contributed by atoms with Gasteiger partial charge in [0.15, 0.2) is 0 Å². The molecule has 0 saturated heterocycles. The van der Waals surface area contributed by atoms with Gasteiger partial charge in [0.2, 0.25) is 0 Å². The number of anilines is 1. The van der Waals surface area contributed by atoms with E-state index >= 15 is 0 Å². The summed E-state index contributed by atoms with van der Waals surface area (Å²) >= 11 is 5.77. The lowest BCUT2D eigenvalue weighted by atomic mass is 10.3. The average Bonchev–Trinajstić information content (AvgIpc) is 2.42. The molecule has 1 aromatic rings. The van der Waals surface area contributed by atoms with E-state index in [1.165, 1.54) is 0 Å². The van der Waals surface area contributed by atoms with Crippen LogP contribution in [0.5, 0.6) is 0 Å². The van der Waals surface area contributed by atoms with Gasteiger partial charge < -0.3 is 15.2 Å². The number of hydrogen-bond acceptors (Lipinski definition) is 3. The summed E-state index contributed by atoms with van der Waals surface area (Å²) in [5.74, 6) is -1.10. The SMILES string of the molecule is CCOCCNC(=O)N(CC(=O)O)c1ccc(Cl)cc1. The van der Waals surface area contributed by atoms with Crippen molar-refractivity contribution in [2.45, 2.75) is 6.92 Å². The first-order valence-electron chi connectivity index (χ1n) is 6.15. The molecule has 0 spiro atoms. The number of carbonyl (C=O) groups is 2. The van der Waals surface area contributed by atoms with E-state index in [9.17, 15) is 9.59 Å². The Balaban J connectivity index is 2.70. The van der Waals surface area contributed by atoms with Gasteiger partial charge in [-0.05, 0) is 31.2 Å². The maximum Gasteiger partial charge on any atom is 0.323 e. The largest absolute Gasteiger partial charge is 0.480 e. The zero-order chi connectivity index (χ0) is 15.0. The third-order valence-electron chi connectivity index (χ3n) is 2.40. The second-order valence-corrected chi connectivity index (χ2v) is 4.32. The first-order chi connectivity index (χ1) is 9.54. The van der Waals surface area contributed by atoms with E-state index in [-0.39, 0.29) is 0 Å². The van der Waals surface area contributed by atoms with E-state index in [2.05, 4.69) is 5.32 Å². The molecule has 6 nitrogen and oxygen atoms in total. The van der Waals surface area contributed by atoms with E-state index in [1.54, 1.807) is 24.3 Å². The van der Waals surface area contributed by atoms with Crippen molar-refractivity contribution in [3.8, 4) is 0 Å². The molecule has 0 bridgehead atoms. The summed E-state index contributed by atoms with van der Waals surface area (Å²) in [7, 11) is 0. The number of benzene rings is 1. The van der Waals surface area contributed by atoms with Gasteiger partial charge in [0.1, 0.15) is 6.54 Å². The topological polar surface area (TPSA) is 78.9 Å². The molecule has 0 saturated carbocycles. The lowest BCUT2D eigenvalue weighted by Crippen LogP contribution is -2.44. The maximum atomic E-state index is 12.0. The van der Waals surface area contributed by atoms with Crippen molar-refractivity contribution in [1.82, 2.24) is 5.32 Å². The standard InChI is InChI=1S/C13H17ClN2O4/c1-2-20-8-7-15-13(19)16(9-12(17)18)11-5-3-10(14)4-6-11/h3-6H,2,7-9H2,1H3,(H,15,19)(H,17,18). The zero-order valence-electron chi connectivity index (χ0n) is 11.1. The molecule has 0 aliphatic carbocycles. The molecule has 0 aliphatic rings. The fourth-order valence-electron chi connectivity index (χ4n) is 1.51. The molecule has 0 atom stereocenters. The number of amides is 2. The zero-order valence-corrected chi connectivity index (χ0v) is 11.9. The average molecular weight is 301 g/mol. The molecule has 7 heteroatoms. The number of hydrogen-bond donors (Lipinski definition) is 2. The second kappa shape index (κ2) is 8.39. The molecular formula is C13H17ClN2O4. The molecule has 2 amide bonds. The van der Waals surface area contributed by atoms with Crippen molar-refractivity contribution in [3.05, 3.63) is 29.3 Å². The highest BCUT2D eigenvalue weighted by Gasteiger charge is 2.18. The van der Waals surface area contributed by atoms with E-state index < -0.39 is 18.5 Å². The number of aliphatic carboxylic acids is 1. The highest BCUT2D eigenvalue weighted by atomic mass is 35.5. The lowest BCUT2D eigenvalue weighted by molar-refractivity contribution is -0.135. The van der Waals surface area contributed by atoms with Gasteiger partial charge in [-0.1, -0.05) is 11.6 Å². The van der Waals surface area contributed by atoms with Crippen molar-refractivity contribution in [3.63, 3.8) is 0 Å². The minimum atomic E-state index is -1.10. The van der Waals surface area contributed by atoms with Crippen molar-refractivity contribution in [2.24, 2.45) is 0 Å². The van der Waals surface area contributed by atoms with Crippen LogP contribution in [0.15, 0.2) is 24.3 Å². The summed E-state index contributed by atoms with van der Waals surface area (Å²) in [5.41, 5.74) is 0.464. The van der Waals surface area contributed by atoms with Gasteiger partial charge in [0, 0.05) is 23.9 Å². The van der Waals surface area contributed by atoms with Gasteiger partial charge in [-0.15, -0.1) is 0 Å². The fraction of sp³-hybridized carbons (Fsp3) is 0.385. The Bertz CT molecular complexity index is 450. The predicted molar refractivity (Wildman–Crippen MR) is 76.3 cm³/mol. The Hall–Kier alpha value is -1.79. The Kier molecular flexibility index (Phi) is 6.83. The summed E-state index contributed by atoms with van der Waals surface area (Å²) in [6, 6.07) is 5.88. The predicted octanol–water partition coefficient (Wildman–Crippen LogP) is 1.98. The van der Waals surface area contributed by atoms with Crippen LogP contribution in [0.4, 0.5) is 10.5 Å². The summed E-state index contributed by atoms with van der Waals surface area (Å²) in [6.07, 6.45) is 0. The Labute approximate surface area is 122 Å². The molecule has 0 unspecified atom stereocenters. The number of carboxylic acids is 1. The Morgan fingerprint density at radius 1 is 1.35 bits per heavy atom.